The predicted molar refractivity (Wildman–Crippen MR) is 190 cm³/mol. The minimum atomic E-state index is -1.16. The first-order chi connectivity index (χ1) is 24.4. The van der Waals surface area contributed by atoms with E-state index in [9.17, 15) is 24.0 Å². The standard InChI is InChI=1S/C38H44N4O8S/c1-5-48-37(47)40-19-17-28(18-20-40)41-21-16-26(32(41)43)22-27-23-51-34-29(39-36(46)50-38(2,3)4)33(44)42(34)30(27)35(45)49-31(24-12-8-6-9-13-24)25-14-10-7-11-15-25/h6-15,22-23,28-31,34H,5,16-21H2,1-4H3,(H,39,46)/t29-,30-,34-/m1/s1. The zero-order chi connectivity index (χ0) is 36.3. The number of benzene rings is 2. The normalized spacial score (nSPS) is 23.1. The number of nitrogens with zero attached hydrogens (tertiary/aromatic N) is 3. The molecular weight excluding hydrogens is 673 g/mol. The number of rotatable bonds is 8. The van der Waals surface area contributed by atoms with Gasteiger partial charge in [-0.15, -0.1) is 11.8 Å². The van der Waals surface area contributed by atoms with Gasteiger partial charge in [0.2, 0.25) is 11.8 Å². The molecule has 1 N–H and O–H groups in total. The van der Waals surface area contributed by atoms with Crippen molar-refractivity contribution in [1.29, 1.82) is 0 Å². The molecule has 4 aliphatic rings. The quantitative estimate of drug-likeness (QED) is 0.170. The highest BCUT2D eigenvalue weighted by molar-refractivity contribution is 8.03. The van der Waals surface area contributed by atoms with Gasteiger partial charge >= 0.3 is 18.2 Å². The Labute approximate surface area is 302 Å². The van der Waals surface area contributed by atoms with Crippen LogP contribution in [0.4, 0.5) is 9.59 Å². The summed E-state index contributed by atoms with van der Waals surface area (Å²) in [6.45, 7) is 8.81. The number of likely N-dealkylation sites (tertiary alicyclic amines) is 2. The monoisotopic (exact) mass is 716 g/mol. The lowest BCUT2D eigenvalue weighted by Gasteiger charge is -2.51. The van der Waals surface area contributed by atoms with E-state index in [0.29, 0.717) is 56.6 Å². The Morgan fingerprint density at radius 3 is 2.18 bits per heavy atom. The number of hydrogen-bond donors (Lipinski definition) is 1. The van der Waals surface area contributed by atoms with E-state index in [2.05, 4.69) is 5.32 Å². The molecule has 0 saturated carbocycles. The summed E-state index contributed by atoms with van der Waals surface area (Å²) in [6.07, 6.45) is 1.65. The van der Waals surface area contributed by atoms with Gasteiger partial charge in [-0.2, -0.15) is 0 Å². The lowest BCUT2D eigenvalue weighted by Crippen LogP contribution is -2.74. The minimum Gasteiger partial charge on any atom is -0.451 e. The number of alkyl carbamates (subject to hydrolysis) is 1. The fraction of sp³-hybridized carbons (Fsp3) is 0.447. The highest BCUT2D eigenvalue weighted by atomic mass is 32.2. The first-order valence-corrected chi connectivity index (χ1v) is 18.3. The Morgan fingerprint density at radius 1 is 0.961 bits per heavy atom. The van der Waals surface area contributed by atoms with Gasteiger partial charge in [0.1, 0.15) is 17.0 Å². The molecule has 0 bridgehead atoms. The third-order valence-electron chi connectivity index (χ3n) is 9.28. The van der Waals surface area contributed by atoms with Crippen molar-refractivity contribution in [2.45, 2.75) is 82.2 Å². The SMILES string of the molecule is CCOC(=O)N1CCC(N2CCC(=CC3=CS[C@@H]4[C@H](NC(=O)OC(C)(C)C)C(=O)N4[C@H]3C(=O)OC(c3ccccc3)c3ccccc3)C2=O)CC1. The molecule has 3 fully saturated rings. The molecule has 13 heteroatoms. The number of β-lactam (4-membered cyclic amide) rings is 1. The number of nitrogens with one attached hydrogen (secondary N) is 1. The van der Waals surface area contributed by atoms with Gasteiger partial charge in [0.05, 0.1) is 6.61 Å². The van der Waals surface area contributed by atoms with Crippen LogP contribution in [0.5, 0.6) is 0 Å². The van der Waals surface area contributed by atoms with Crippen LogP contribution in [0.25, 0.3) is 0 Å². The molecule has 270 valence electrons. The fourth-order valence-corrected chi connectivity index (χ4v) is 8.06. The van der Waals surface area contributed by atoms with Gasteiger partial charge in [-0.3, -0.25) is 9.59 Å². The van der Waals surface area contributed by atoms with Crippen LogP contribution in [-0.2, 0) is 28.6 Å². The van der Waals surface area contributed by atoms with E-state index in [-0.39, 0.29) is 18.0 Å². The number of hydrogen-bond acceptors (Lipinski definition) is 9. The number of amides is 4. The van der Waals surface area contributed by atoms with E-state index in [4.69, 9.17) is 14.2 Å². The highest BCUT2D eigenvalue weighted by Crippen LogP contribution is 2.42. The zero-order valence-corrected chi connectivity index (χ0v) is 30.1. The van der Waals surface area contributed by atoms with Crippen molar-refractivity contribution in [2.75, 3.05) is 26.2 Å². The molecular formula is C38H44N4O8S. The lowest BCUT2D eigenvalue weighted by molar-refractivity contribution is -0.164. The van der Waals surface area contributed by atoms with Gasteiger partial charge in [-0.05, 0) is 75.1 Å². The van der Waals surface area contributed by atoms with Crippen molar-refractivity contribution in [2.24, 2.45) is 0 Å². The smallest absolute Gasteiger partial charge is 0.409 e. The molecule has 0 spiro atoms. The summed E-state index contributed by atoms with van der Waals surface area (Å²) in [5, 5.41) is 3.86. The maximum Gasteiger partial charge on any atom is 0.409 e. The van der Waals surface area contributed by atoms with E-state index in [1.165, 1.54) is 16.7 Å². The molecule has 4 amide bonds. The minimum absolute atomic E-state index is 0.0249. The molecule has 2 aromatic rings. The van der Waals surface area contributed by atoms with E-state index in [1.54, 1.807) is 44.1 Å². The van der Waals surface area contributed by atoms with E-state index < -0.39 is 47.1 Å². The average Bonchev–Trinajstić information content (AvgIpc) is 3.48. The van der Waals surface area contributed by atoms with Gasteiger partial charge in [0, 0.05) is 31.2 Å². The third-order valence-corrected chi connectivity index (χ3v) is 10.5. The first-order valence-electron chi connectivity index (χ1n) is 17.4. The first kappa shape index (κ1) is 36.0. The number of ether oxygens (including phenoxy) is 3. The second-order valence-corrected chi connectivity index (χ2v) is 14.9. The maximum atomic E-state index is 14.4. The Balaban J connectivity index is 1.25. The topological polar surface area (TPSA) is 135 Å². The molecule has 0 radical (unpaired) electrons. The summed E-state index contributed by atoms with van der Waals surface area (Å²) in [6, 6.07) is 16.6. The van der Waals surface area contributed by atoms with Gasteiger partial charge in [-0.1, -0.05) is 60.7 Å². The Bertz CT molecular complexity index is 1660. The van der Waals surface area contributed by atoms with Crippen LogP contribution in [0.3, 0.4) is 0 Å². The molecule has 4 aliphatic heterocycles. The fourth-order valence-electron chi connectivity index (χ4n) is 6.87. The van der Waals surface area contributed by atoms with Crippen LogP contribution in [0.15, 0.2) is 83.3 Å². The summed E-state index contributed by atoms with van der Waals surface area (Å²) >= 11 is 1.29. The van der Waals surface area contributed by atoms with Crippen molar-refractivity contribution in [3.63, 3.8) is 0 Å². The van der Waals surface area contributed by atoms with E-state index >= 15 is 0 Å². The van der Waals surface area contributed by atoms with Gasteiger partial charge in [-0.25, -0.2) is 14.4 Å². The maximum absolute atomic E-state index is 14.4. The molecule has 51 heavy (non-hydrogen) atoms. The second kappa shape index (κ2) is 15.2. The second-order valence-electron chi connectivity index (χ2n) is 13.9. The number of carbonyl (C=O) groups excluding carboxylic acids is 5. The van der Waals surface area contributed by atoms with E-state index in [1.807, 2.05) is 65.6 Å². The summed E-state index contributed by atoms with van der Waals surface area (Å²) in [5.74, 6) is -1.23. The van der Waals surface area contributed by atoms with Crippen LogP contribution in [0.2, 0.25) is 0 Å². The van der Waals surface area contributed by atoms with Crippen molar-refractivity contribution in [3.05, 3.63) is 94.4 Å². The average molecular weight is 717 g/mol. The molecule has 0 unspecified atom stereocenters. The molecule has 2 aromatic carbocycles. The summed E-state index contributed by atoms with van der Waals surface area (Å²) < 4.78 is 16.8. The number of piperidine rings is 1. The van der Waals surface area contributed by atoms with Crippen LogP contribution in [0, 0.1) is 0 Å². The number of esters is 1. The van der Waals surface area contributed by atoms with Crippen molar-refractivity contribution < 1.29 is 38.2 Å². The summed E-state index contributed by atoms with van der Waals surface area (Å²) in [4.78, 5) is 71.7. The molecule has 3 saturated heterocycles. The van der Waals surface area contributed by atoms with Crippen LogP contribution in [0.1, 0.15) is 64.2 Å². The summed E-state index contributed by atoms with van der Waals surface area (Å²) in [5.41, 5.74) is 1.76. The molecule has 0 aliphatic carbocycles. The van der Waals surface area contributed by atoms with Crippen LogP contribution < -0.4 is 5.32 Å². The predicted octanol–water partition coefficient (Wildman–Crippen LogP) is 5.16. The third kappa shape index (κ3) is 7.93. The molecule has 12 nitrogen and oxygen atoms in total. The van der Waals surface area contributed by atoms with Gasteiger partial charge in [0.25, 0.3) is 0 Å². The largest absolute Gasteiger partial charge is 0.451 e. The summed E-state index contributed by atoms with van der Waals surface area (Å²) in [7, 11) is 0. The van der Waals surface area contributed by atoms with Crippen molar-refractivity contribution >= 4 is 41.7 Å². The molecule has 0 aromatic heterocycles. The van der Waals surface area contributed by atoms with E-state index in [0.717, 1.165) is 11.1 Å². The Hall–Kier alpha value is -4.78. The van der Waals surface area contributed by atoms with Crippen LogP contribution in [-0.4, -0.2) is 100 Å². The number of thioether (sulfide) groups is 1. The van der Waals surface area contributed by atoms with Gasteiger partial charge < -0.3 is 34.2 Å². The Morgan fingerprint density at radius 2 is 1.59 bits per heavy atom. The lowest BCUT2D eigenvalue weighted by atomic mass is 9.95. The van der Waals surface area contributed by atoms with Gasteiger partial charge in [0.15, 0.2) is 12.1 Å². The van der Waals surface area contributed by atoms with Crippen molar-refractivity contribution in [1.82, 2.24) is 20.0 Å². The molecule has 3 atom stereocenters. The number of carbonyl (C=O) groups is 5. The Kier molecular flexibility index (Phi) is 10.8. The van der Waals surface area contributed by atoms with Crippen LogP contribution >= 0.6 is 11.8 Å². The molecule has 4 heterocycles. The highest BCUT2D eigenvalue weighted by Gasteiger charge is 2.56. The zero-order valence-electron chi connectivity index (χ0n) is 29.3. The number of fused-ring (bicyclic) bond motifs is 1. The molecule has 6 rings (SSSR count). The van der Waals surface area contributed by atoms with Crippen molar-refractivity contribution in [3.8, 4) is 0 Å².